The van der Waals surface area contributed by atoms with Gasteiger partial charge < -0.3 is 15.4 Å². The predicted molar refractivity (Wildman–Crippen MR) is 127 cm³/mol. The second kappa shape index (κ2) is 9.35. The molecule has 5 nitrogen and oxygen atoms in total. The highest BCUT2D eigenvalue weighted by Crippen LogP contribution is 2.30. The Hall–Kier alpha value is -3.12. The van der Waals surface area contributed by atoms with Crippen LogP contribution < -0.4 is 15.4 Å². The lowest BCUT2D eigenvalue weighted by Gasteiger charge is -2.16. The number of aryl methyl sites for hydroxylation is 1. The van der Waals surface area contributed by atoms with Crippen molar-refractivity contribution in [2.75, 3.05) is 17.7 Å². The van der Waals surface area contributed by atoms with E-state index in [4.69, 9.17) is 4.74 Å². The molecule has 3 aromatic rings. The van der Waals surface area contributed by atoms with Crippen LogP contribution in [-0.4, -0.2) is 18.9 Å². The van der Waals surface area contributed by atoms with Gasteiger partial charge in [0, 0.05) is 23.1 Å². The van der Waals surface area contributed by atoms with Crippen LogP contribution in [0.5, 0.6) is 5.75 Å². The number of nitrogens with one attached hydrogen (secondary N) is 2. The number of ether oxygens (including phenoxy) is 1. The lowest BCUT2D eigenvalue weighted by atomic mass is 9.96. The molecule has 0 aliphatic carbocycles. The zero-order chi connectivity index (χ0) is 22.6. The maximum Gasteiger partial charge on any atom is 0.266 e. The molecule has 0 aliphatic rings. The lowest BCUT2D eigenvalue weighted by molar-refractivity contribution is -0.123. The Morgan fingerprint density at radius 2 is 1.71 bits per heavy atom. The van der Waals surface area contributed by atoms with Gasteiger partial charge in [0.2, 0.25) is 5.91 Å². The van der Waals surface area contributed by atoms with E-state index in [1.165, 1.54) is 11.3 Å². The summed E-state index contributed by atoms with van der Waals surface area (Å²) in [6.45, 7) is 7.43. The molecule has 0 radical (unpaired) electrons. The number of carbonyl (C=O) groups excluding carboxylic acids is 2. The lowest BCUT2D eigenvalue weighted by Crippen LogP contribution is -2.27. The summed E-state index contributed by atoms with van der Waals surface area (Å²) in [5, 5.41) is 6.54. The van der Waals surface area contributed by atoms with Crippen molar-refractivity contribution in [2.45, 2.75) is 34.1 Å². The van der Waals surface area contributed by atoms with Crippen LogP contribution in [-0.2, 0) is 11.2 Å². The van der Waals surface area contributed by atoms with E-state index in [9.17, 15) is 9.59 Å². The normalized spacial score (nSPS) is 11.1. The molecule has 0 bridgehead atoms. The highest BCUT2D eigenvalue weighted by Gasteiger charge is 2.23. The van der Waals surface area contributed by atoms with Crippen LogP contribution in [0, 0.1) is 12.3 Å². The van der Waals surface area contributed by atoms with Crippen molar-refractivity contribution < 1.29 is 14.3 Å². The van der Waals surface area contributed by atoms with Crippen molar-refractivity contribution in [3.8, 4) is 5.75 Å². The van der Waals surface area contributed by atoms with Gasteiger partial charge in [0.05, 0.1) is 17.0 Å². The van der Waals surface area contributed by atoms with Gasteiger partial charge in [-0.05, 0) is 42.3 Å². The molecule has 0 saturated heterocycles. The van der Waals surface area contributed by atoms with Gasteiger partial charge >= 0.3 is 0 Å². The minimum Gasteiger partial charge on any atom is -0.496 e. The molecule has 2 amide bonds. The number of hydrogen-bond donors (Lipinski definition) is 2. The largest absolute Gasteiger partial charge is 0.496 e. The first kappa shape index (κ1) is 22.6. The smallest absolute Gasteiger partial charge is 0.266 e. The van der Waals surface area contributed by atoms with Gasteiger partial charge in [0.1, 0.15) is 5.75 Å². The highest BCUT2D eigenvalue weighted by atomic mass is 32.1. The first-order valence-electron chi connectivity index (χ1n) is 10.1. The Labute approximate surface area is 187 Å². The second-order valence-corrected chi connectivity index (χ2v) is 9.52. The maximum atomic E-state index is 12.9. The van der Waals surface area contributed by atoms with Gasteiger partial charge in [-0.15, -0.1) is 11.3 Å². The van der Waals surface area contributed by atoms with E-state index >= 15 is 0 Å². The van der Waals surface area contributed by atoms with E-state index in [-0.39, 0.29) is 11.8 Å². The number of thiophene rings is 1. The molecule has 31 heavy (non-hydrogen) atoms. The van der Waals surface area contributed by atoms with E-state index in [1.807, 2.05) is 70.2 Å². The summed E-state index contributed by atoms with van der Waals surface area (Å²) in [7, 11) is 1.64. The molecule has 0 atom stereocenters. The molecule has 2 N–H and O–H groups in total. The van der Waals surface area contributed by atoms with Gasteiger partial charge in [-0.25, -0.2) is 0 Å². The molecule has 0 saturated carbocycles. The van der Waals surface area contributed by atoms with Crippen LogP contribution in [0.15, 0.2) is 54.6 Å². The van der Waals surface area contributed by atoms with Gasteiger partial charge in [-0.3, -0.25) is 9.59 Å². The monoisotopic (exact) mass is 436 g/mol. The first-order chi connectivity index (χ1) is 14.7. The SMILES string of the molecule is COc1ccc(NC(=O)c2sc(NC(=O)C(C)(C)C)cc2C)cc1Cc1ccccc1. The molecule has 0 spiro atoms. The van der Waals surface area contributed by atoms with Gasteiger partial charge in [-0.2, -0.15) is 0 Å². The summed E-state index contributed by atoms with van der Waals surface area (Å²) >= 11 is 1.28. The van der Waals surface area contributed by atoms with Gasteiger partial charge in [0.25, 0.3) is 5.91 Å². The van der Waals surface area contributed by atoms with Crippen LogP contribution in [0.3, 0.4) is 0 Å². The van der Waals surface area contributed by atoms with E-state index in [0.717, 1.165) is 22.4 Å². The van der Waals surface area contributed by atoms with Gasteiger partial charge in [-0.1, -0.05) is 51.1 Å². The maximum absolute atomic E-state index is 12.9. The van der Waals surface area contributed by atoms with Crippen LogP contribution in [0.25, 0.3) is 0 Å². The molecule has 1 aromatic heterocycles. The Morgan fingerprint density at radius 3 is 2.35 bits per heavy atom. The third-order valence-electron chi connectivity index (χ3n) is 4.82. The fourth-order valence-corrected chi connectivity index (χ4v) is 4.03. The third kappa shape index (κ3) is 5.73. The average Bonchev–Trinajstić information content (AvgIpc) is 3.08. The number of carbonyl (C=O) groups is 2. The number of anilines is 2. The fraction of sp³-hybridized carbons (Fsp3) is 0.280. The zero-order valence-corrected chi connectivity index (χ0v) is 19.4. The molecular weight excluding hydrogens is 408 g/mol. The van der Waals surface area contributed by atoms with E-state index in [0.29, 0.717) is 22.0 Å². The van der Waals surface area contributed by atoms with Crippen LogP contribution >= 0.6 is 11.3 Å². The van der Waals surface area contributed by atoms with Gasteiger partial charge in [0.15, 0.2) is 0 Å². The molecule has 1 heterocycles. The number of benzene rings is 2. The van der Waals surface area contributed by atoms with Crippen molar-refractivity contribution in [3.05, 3.63) is 76.2 Å². The molecule has 0 unspecified atom stereocenters. The summed E-state index contributed by atoms with van der Waals surface area (Å²) in [5.74, 6) is 0.498. The summed E-state index contributed by atoms with van der Waals surface area (Å²) in [5.41, 5.74) is 3.18. The predicted octanol–water partition coefficient (Wildman–Crippen LogP) is 5.89. The minimum absolute atomic E-state index is 0.0820. The van der Waals surface area contributed by atoms with Crippen molar-refractivity contribution in [3.63, 3.8) is 0 Å². The van der Waals surface area contributed by atoms with Crippen molar-refractivity contribution in [1.29, 1.82) is 0 Å². The molecule has 162 valence electrons. The number of rotatable bonds is 6. The first-order valence-corrected chi connectivity index (χ1v) is 10.9. The molecule has 2 aromatic carbocycles. The zero-order valence-electron chi connectivity index (χ0n) is 18.5. The molecular formula is C25H28N2O3S. The summed E-state index contributed by atoms with van der Waals surface area (Å²) in [6, 6.07) is 17.6. The van der Waals surface area contributed by atoms with E-state index < -0.39 is 5.41 Å². The quantitative estimate of drug-likeness (QED) is 0.506. The number of hydrogen-bond acceptors (Lipinski definition) is 4. The Balaban J connectivity index is 1.77. The van der Waals surface area contributed by atoms with E-state index in [2.05, 4.69) is 22.8 Å². The summed E-state index contributed by atoms with van der Waals surface area (Å²) in [6.07, 6.45) is 0.703. The van der Waals surface area contributed by atoms with Crippen molar-refractivity contribution in [1.82, 2.24) is 0 Å². The number of methoxy groups -OCH3 is 1. The molecule has 0 fully saturated rings. The topological polar surface area (TPSA) is 67.4 Å². The highest BCUT2D eigenvalue weighted by molar-refractivity contribution is 7.18. The Kier molecular flexibility index (Phi) is 6.81. The number of amides is 2. The Bertz CT molecular complexity index is 1080. The Morgan fingerprint density at radius 1 is 1.00 bits per heavy atom. The van der Waals surface area contributed by atoms with Crippen LogP contribution in [0.2, 0.25) is 0 Å². The van der Waals surface area contributed by atoms with Crippen molar-refractivity contribution >= 4 is 33.8 Å². The fourth-order valence-electron chi connectivity index (χ4n) is 3.07. The van der Waals surface area contributed by atoms with Crippen molar-refractivity contribution in [2.24, 2.45) is 5.41 Å². The summed E-state index contributed by atoms with van der Waals surface area (Å²) in [4.78, 5) is 25.7. The van der Waals surface area contributed by atoms with E-state index in [1.54, 1.807) is 7.11 Å². The molecule has 0 aliphatic heterocycles. The minimum atomic E-state index is -0.501. The molecule has 3 rings (SSSR count). The third-order valence-corrected chi connectivity index (χ3v) is 5.97. The van der Waals surface area contributed by atoms with Crippen LogP contribution in [0.4, 0.5) is 10.7 Å². The summed E-state index contributed by atoms with van der Waals surface area (Å²) < 4.78 is 5.50. The molecule has 6 heteroatoms. The standard InChI is InChI=1S/C25H28N2O3S/c1-16-13-21(27-24(29)25(2,3)4)31-22(16)23(28)26-19-11-12-20(30-5)18(15-19)14-17-9-7-6-8-10-17/h6-13,15H,14H2,1-5H3,(H,26,28)(H,27,29). The van der Waals surface area contributed by atoms with Crippen LogP contribution in [0.1, 0.15) is 47.1 Å². The average molecular weight is 437 g/mol. The second-order valence-electron chi connectivity index (χ2n) is 8.47.